The summed E-state index contributed by atoms with van der Waals surface area (Å²) in [5.74, 6) is 0.342. The SMILES string of the molecule is CCNc1ncc(Br)cc1S(=O)(=O)NCCc1cnc[nH]1. The molecule has 0 saturated carbocycles. The highest BCUT2D eigenvalue weighted by Gasteiger charge is 2.19. The number of pyridine rings is 1. The van der Waals surface area contributed by atoms with Gasteiger partial charge in [0.05, 0.1) is 6.33 Å². The van der Waals surface area contributed by atoms with E-state index in [0.29, 0.717) is 23.3 Å². The Morgan fingerprint density at radius 2 is 2.19 bits per heavy atom. The first kappa shape index (κ1) is 15.9. The standard InChI is InChI=1S/C12H16BrN5O2S/c1-2-15-12-11(5-9(13)6-16-12)21(19,20)18-4-3-10-7-14-8-17-10/h5-8,18H,2-4H2,1H3,(H,14,17)(H,15,16). The van der Waals surface area contributed by atoms with Crippen molar-refractivity contribution in [3.8, 4) is 0 Å². The highest BCUT2D eigenvalue weighted by Crippen LogP contribution is 2.22. The molecule has 2 rings (SSSR count). The molecular weight excluding hydrogens is 358 g/mol. The number of sulfonamides is 1. The second kappa shape index (κ2) is 7.01. The number of aromatic nitrogens is 3. The minimum atomic E-state index is -3.63. The van der Waals surface area contributed by atoms with Crippen LogP contribution in [-0.4, -0.2) is 36.5 Å². The van der Waals surface area contributed by atoms with Gasteiger partial charge in [-0.2, -0.15) is 0 Å². The first-order valence-corrected chi connectivity index (χ1v) is 8.67. The van der Waals surface area contributed by atoms with Crippen LogP contribution in [0.2, 0.25) is 0 Å². The average Bonchev–Trinajstić information content (AvgIpc) is 2.94. The summed E-state index contributed by atoms with van der Waals surface area (Å²) in [7, 11) is -3.63. The molecule has 0 atom stereocenters. The van der Waals surface area contributed by atoms with Crippen LogP contribution in [0, 0.1) is 0 Å². The Bertz CT molecular complexity index is 688. The van der Waals surface area contributed by atoms with Gasteiger partial charge in [-0.1, -0.05) is 0 Å². The first-order chi connectivity index (χ1) is 10.0. The molecule has 0 unspecified atom stereocenters. The van der Waals surface area contributed by atoms with Crippen LogP contribution in [-0.2, 0) is 16.4 Å². The van der Waals surface area contributed by atoms with E-state index >= 15 is 0 Å². The number of nitrogens with zero attached hydrogens (tertiary/aromatic N) is 2. The quantitative estimate of drug-likeness (QED) is 0.683. The van der Waals surface area contributed by atoms with Gasteiger partial charge in [0.25, 0.3) is 0 Å². The monoisotopic (exact) mass is 373 g/mol. The number of hydrogen-bond acceptors (Lipinski definition) is 5. The Morgan fingerprint density at radius 1 is 1.38 bits per heavy atom. The molecule has 0 fully saturated rings. The Labute approximate surface area is 131 Å². The van der Waals surface area contributed by atoms with E-state index in [9.17, 15) is 8.42 Å². The number of rotatable bonds is 7. The number of H-pyrrole nitrogens is 1. The van der Waals surface area contributed by atoms with Gasteiger partial charge in [-0.25, -0.2) is 23.1 Å². The van der Waals surface area contributed by atoms with Gasteiger partial charge in [0.15, 0.2) is 0 Å². The number of halogens is 1. The van der Waals surface area contributed by atoms with Gasteiger partial charge < -0.3 is 10.3 Å². The summed E-state index contributed by atoms with van der Waals surface area (Å²) in [5, 5.41) is 2.95. The second-order valence-electron chi connectivity index (χ2n) is 4.26. The van der Waals surface area contributed by atoms with Gasteiger partial charge in [-0.15, -0.1) is 0 Å². The minimum absolute atomic E-state index is 0.128. The third-order valence-corrected chi connectivity index (χ3v) is 4.60. The van der Waals surface area contributed by atoms with Gasteiger partial charge in [-0.05, 0) is 28.9 Å². The van der Waals surface area contributed by atoms with Crippen molar-refractivity contribution in [2.75, 3.05) is 18.4 Å². The third kappa shape index (κ3) is 4.26. The average molecular weight is 374 g/mol. The molecule has 0 radical (unpaired) electrons. The zero-order valence-corrected chi connectivity index (χ0v) is 13.8. The molecular formula is C12H16BrN5O2S. The van der Waals surface area contributed by atoms with Crippen molar-refractivity contribution < 1.29 is 8.42 Å². The predicted molar refractivity (Wildman–Crippen MR) is 83.6 cm³/mol. The molecule has 3 N–H and O–H groups in total. The zero-order chi connectivity index (χ0) is 15.3. The Kier molecular flexibility index (Phi) is 5.32. The maximum Gasteiger partial charge on any atom is 0.244 e. The van der Waals surface area contributed by atoms with Gasteiger partial charge in [0.2, 0.25) is 10.0 Å². The minimum Gasteiger partial charge on any atom is -0.369 e. The Balaban J connectivity index is 2.12. The summed E-state index contributed by atoms with van der Waals surface area (Å²) in [6, 6.07) is 1.53. The molecule has 9 heteroatoms. The highest BCUT2D eigenvalue weighted by atomic mass is 79.9. The molecule has 0 bridgehead atoms. The largest absolute Gasteiger partial charge is 0.369 e. The van der Waals surface area contributed by atoms with Gasteiger partial charge >= 0.3 is 0 Å². The van der Waals surface area contributed by atoms with Crippen molar-refractivity contribution in [3.63, 3.8) is 0 Å². The van der Waals surface area contributed by atoms with Gasteiger partial charge in [0, 0.05) is 42.1 Å². The van der Waals surface area contributed by atoms with Crippen LogP contribution in [0.4, 0.5) is 5.82 Å². The Morgan fingerprint density at radius 3 is 2.86 bits per heavy atom. The number of nitrogens with one attached hydrogen (secondary N) is 3. The highest BCUT2D eigenvalue weighted by molar-refractivity contribution is 9.10. The van der Waals surface area contributed by atoms with Crippen molar-refractivity contribution in [2.45, 2.75) is 18.2 Å². The predicted octanol–water partition coefficient (Wildman–Crippen LogP) is 1.52. The molecule has 0 aliphatic heterocycles. The van der Waals surface area contributed by atoms with E-state index in [0.717, 1.165) is 5.69 Å². The fourth-order valence-corrected chi connectivity index (χ4v) is 3.42. The van der Waals surface area contributed by atoms with Crippen molar-refractivity contribution in [1.82, 2.24) is 19.7 Å². The molecule has 0 amide bonds. The van der Waals surface area contributed by atoms with Gasteiger partial charge in [0.1, 0.15) is 10.7 Å². The summed E-state index contributed by atoms with van der Waals surface area (Å²) in [6.45, 7) is 2.75. The lowest BCUT2D eigenvalue weighted by atomic mass is 10.3. The molecule has 114 valence electrons. The van der Waals surface area contributed by atoms with Crippen molar-refractivity contribution in [3.05, 3.63) is 35.0 Å². The summed E-state index contributed by atoms with van der Waals surface area (Å²) >= 11 is 3.24. The smallest absolute Gasteiger partial charge is 0.244 e. The molecule has 2 heterocycles. The molecule has 7 nitrogen and oxygen atoms in total. The van der Waals surface area contributed by atoms with Crippen LogP contribution in [0.1, 0.15) is 12.6 Å². The van der Waals surface area contributed by atoms with E-state index < -0.39 is 10.0 Å². The van der Waals surface area contributed by atoms with Gasteiger partial charge in [-0.3, -0.25) is 0 Å². The van der Waals surface area contributed by atoms with E-state index in [1.165, 1.54) is 6.07 Å². The molecule has 0 aliphatic rings. The molecule has 0 aromatic carbocycles. The second-order valence-corrected chi connectivity index (χ2v) is 6.91. The van der Waals surface area contributed by atoms with Crippen LogP contribution >= 0.6 is 15.9 Å². The van der Waals surface area contributed by atoms with Crippen LogP contribution in [0.3, 0.4) is 0 Å². The number of imidazole rings is 1. The normalized spacial score (nSPS) is 11.5. The lowest BCUT2D eigenvalue weighted by Gasteiger charge is -2.11. The fourth-order valence-electron chi connectivity index (χ4n) is 1.74. The lowest BCUT2D eigenvalue weighted by molar-refractivity contribution is 0.581. The van der Waals surface area contributed by atoms with E-state index in [2.05, 4.69) is 40.9 Å². The summed E-state index contributed by atoms with van der Waals surface area (Å²) in [4.78, 5) is 11.0. The van der Waals surface area contributed by atoms with E-state index in [1.54, 1.807) is 18.7 Å². The van der Waals surface area contributed by atoms with E-state index in [4.69, 9.17) is 0 Å². The van der Waals surface area contributed by atoms with Crippen LogP contribution in [0.5, 0.6) is 0 Å². The Hall–Kier alpha value is -1.45. The van der Waals surface area contributed by atoms with Crippen LogP contribution in [0.15, 0.2) is 34.2 Å². The molecule has 21 heavy (non-hydrogen) atoms. The topological polar surface area (TPSA) is 99.8 Å². The van der Waals surface area contributed by atoms with E-state index in [1.807, 2.05) is 6.92 Å². The van der Waals surface area contributed by atoms with Crippen LogP contribution in [0.25, 0.3) is 0 Å². The zero-order valence-electron chi connectivity index (χ0n) is 11.4. The number of anilines is 1. The fraction of sp³-hybridized carbons (Fsp3) is 0.333. The maximum absolute atomic E-state index is 12.4. The van der Waals surface area contributed by atoms with Crippen molar-refractivity contribution in [1.29, 1.82) is 0 Å². The number of aromatic amines is 1. The summed E-state index contributed by atoms with van der Waals surface area (Å²) < 4.78 is 27.9. The van der Waals surface area contributed by atoms with Crippen molar-refractivity contribution >= 4 is 31.8 Å². The first-order valence-electron chi connectivity index (χ1n) is 6.39. The molecule has 0 spiro atoms. The summed E-state index contributed by atoms with van der Waals surface area (Å²) in [5.41, 5.74) is 0.872. The molecule has 2 aromatic heterocycles. The molecule has 2 aromatic rings. The van der Waals surface area contributed by atoms with Crippen LogP contribution < -0.4 is 10.0 Å². The lowest BCUT2D eigenvalue weighted by Crippen LogP contribution is -2.27. The molecule has 0 saturated heterocycles. The summed E-state index contributed by atoms with van der Waals surface area (Å²) in [6.07, 6.45) is 5.32. The number of hydrogen-bond donors (Lipinski definition) is 3. The van der Waals surface area contributed by atoms with Crippen molar-refractivity contribution in [2.24, 2.45) is 0 Å². The third-order valence-electron chi connectivity index (χ3n) is 2.69. The van der Waals surface area contributed by atoms with E-state index in [-0.39, 0.29) is 11.4 Å². The maximum atomic E-state index is 12.4. The molecule has 0 aliphatic carbocycles.